The molecule has 1 aliphatic heterocycles. The summed E-state index contributed by atoms with van der Waals surface area (Å²) >= 11 is 0. The Morgan fingerprint density at radius 2 is 2.00 bits per heavy atom. The van der Waals surface area contributed by atoms with Gasteiger partial charge in [-0.25, -0.2) is 0 Å². The number of nitrogens with one attached hydrogen (secondary N) is 2. The Kier molecular flexibility index (Phi) is 12.8. The molecule has 0 bridgehead atoms. The van der Waals surface area contributed by atoms with Crippen molar-refractivity contribution in [2.75, 3.05) is 53.9 Å². The lowest BCUT2D eigenvalue weighted by Crippen LogP contribution is -2.43. The number of guanidine groups is 1. The fraction of sp³-hybridized carbons (Fsp3) is 0.636. The van der Waals surface area contributed by atoms with E-state index in [1.807, 2.05) is 26.2 Å². The maximum Gasteiger partial charge on any atom is 0.239 e. The van der Waals surface area contributed by atoms with Crippen LogP contribution in [0.2, 0.25) is 0 Å². The van der Waals surface area contributed by atoms with Gasteiger partial charge in [0, 0.05) is 40.3 Å². The van der Waals surface area contributed by atoms with Gasteiger partial charge in [-0.1, -0.05) is 12.1 Å². The average molecular weight is 531 g/mol. The maximum atomic E-state index is 12.3. The van der Waals surface area contributed by atoms with Crippen LogP contribution in [-0.4, -0.2) is 81.6 Å². The molecule has 2 rings (SSSR count). The molecule has 1 unspecified atom stereocenters. The van der Waals surface area contributed by atoms with E-state index in [2.05, 4.69) is 34.6 Å². The highest BCUT2D eigenvalue weighted by Crippen LogP contribution is 2.18. The van der Waals surface area contributed by atoms with Crippen molar-refractivity contribution < 1.29 is 9.53 Å². The Morgan fingerprint density at radius 3 is 2.63 bits per heavy atom. The zero-order chi connectivity index (χ0) is 21.1. The maximum absolute atomic E-state index is 12.3. The number of hydrogen-bond donors (Lipinski definition) is 2. The van der Waals surface area contributed by atoms with Crippen LogP contribution in [0.25, 0.3) is 0 Å². The summed E-state index contributed by atoms with van der Waals surface area (Å²) in [6.45, 7) is 6.40. The molecule has 1 saturated heterocycles. The number of benzene rings is 1. The molecule has 7 nitrogen and oxygen atoms in total. The molecule has 1 aromatic rings. The van der Waals surface area contributed by atoms with Gasteiger partial charge < -0.3 is 20.3 Å². The standard InChI is InChI=1S/C22H37N5O2.HI/c1-5-23-22(25-15-13-18-9-11-19(29-4)12-10-18)24-14-7-17-27-16-6-8-20(27)21(28)26(2)3;/h9-12,20H,5-8,13-17H2,1-4H3,(H2,23,24,25);1H. The summed E-state index contributed by atoms with van der Waals surface area (Å²) in [7, 11) is 5.35. The lowest BCUT2D eigenvalue weighted by Gasteiger charge is -2.25. The number of aliphatic imine (C=N–C) groups is 1. The molecular weight excluding hydrogens is 493 g/mol. The quantitative estimate of drug-likeness (QED) is 0.210. The molecule has 170 valence electrons. The van der Waals surface area contributed by atoms with Crippen molar-refractivity contribution in [1.29, 1.82) is 0 Å². The third-order valence-electron chi connectivity index (χ3n) is 5.17. The van der Waals surface area contributed by atoms with E-state index in [9.17, 15) is 4.79 Å². The van der Waals surface area contributed by atoms with Crippen molar-refractivity contribution in [3.8, 4) is 5.75 Å². The molecule has 0 radical (unpaired) electrons. The second-order valence-corrected chi connectivity index (χ2v) is 7.57. The number of amides is 1. The van der Waals surface area contributed by atoms with Gasteiger partial charge in [0.05, 0.1) is 13.2 Å². The van der Waals surface area contributed by atoms with Crippen molar-refractivity contribution >= 4 is 35.8 Å². The fourth-order valence-electron chi connectivity index (χ4n) is 3.60. The molecule has 1 atom stereocenters. The summed E-state index contributed by atoms with van der Waals surface area (Å²) in [5.74, 6) is 1.95. The second-order valence-electron chi connectivity index (χ2n) is 7.57. The normalized spacial score (nSPS) is 16.7. The zero-order valence-electron chi connectivity index (χ0n) is 18.8. The monoisotopic (exact) mass is 531 g/mol. The minimum atomic E-state index is 0. The zero-order valence-corrected chi connectivity index (χ0v) is 21.1. The van der Waals surface area contributed by atoms with Gasteiger partial charge in [0.15, 0.2) is 5.96 Å². The van der Waals surface area contributed by atoms with E-state index < -0.39 is 0 Å². The molecule has 1 heterocycles. The van der Waals surface area contributed by atoms with E-state index >= 15 is 0 Å². The van der Waals surface area contributed by atoms with Gasteiger partial charge in [0.25, 0.3) is 0 Å². The predicted octanol–water partition coefficient (Wildman–Crippen LogP) is 2.35. The minimum absolute atomic E-state index is 0. The first-order chi connectivity index (χ1) is 14.0. The topological polar surface area (TPSA) is 69.2 Å². The number of halogens is 1. The second kappa shape index (κ2) is 14.5. The third-order valence-corrected chi connectivity index (χ3v) is 5.17. The van der Waals surface area contributed by atoms with E-state index in [1.165, 1.54) is 5.56 Å². The minimum Gasteiger partial charge on any atom is -0.497 e. The molecule has 1 aromatic carbocycles. The van der Waals surface area contributed by atoms with Gasteiger partial charge in [-0.15, -0.1) is 24.0 Å². The van der Waals surface area contributed by atoms with E-state index in [0.717, 1.165) is 70.1 Å². The van der Waals surface area contributed by atoms with Crippen LogP contribution >= 0.6 is 24.0 Å². The van der Waals surface area contributed by atoms with E-state index in [0.29, 0.717) is 0 Å². The van der Waals surface area contributed by atoms with Gasteiger partial charge in [0.2, 0.25) is 5.91 Å². The summed E-state index contributed by atoms with van der Waals surface area (Å²) in [5, 5.41) is 6.70. The lowest BCUT2D eigenvalue weighted by molar-refractivity contribution is -0.133. The summed E-state index contributed by atoms with van der Waals surface area (Å²) in [6.07, 6.45) is 3.95. The van der Waals surface area contributed by atoms with Gasteiger partial charge in [0.1, 0.15) is 5.75 Å². The van der Waals surface area contributed by atoms with Gasteiger partial charge in [-0.2, -0.15) is 0 Å². The van der Waals surface area contributed by atoms with Crippen molar-refractivity contribution in [1.82, 2.24) is 20.4 Å². The van der Waals surface area contributed by atoms with Crippen LogP contribution in [0.3, 0.4) is 0 Å². The Hall–Kier alpha value is -1.55. The first-order valence-corrected chi connectivity index (χ1v) is 10.7. The third kappa shape index (κ3) is 8.67. The van der Waals surface area contributed by atoms with Crippen LogP contribution in [0.4, 0.5) is 0 Å². The highest BCUT2D eigenvalue weighted by Gasteiger charge is 2.30. The van der Waals surface area contributed by atoms with Crippen LogP contribution in [0.5, 0.6) is 5.75 Å². The van der Waals surface area contributed by atoms with Crippen LogP contribution in [0.1, 0.15) is 31.7 Å². The van der Waals surface area contributed by atoms with Crippen molar-refractivity contribution in [3.63, 3.8) is 0 Å². The largest absolute Gasteiger partial charge is 0.497 e. The summed E-state index contributed by atoms with van der Waals surface area (Å²) in [5.41, 5.74) is 1.26. The molecule has 0 spiro atoms. The van der Waals surface area contributed by atoms with E-state index in [-0.39, 0.29) is 35.9 Å². The number of nitrogens with zero attached hydrogens (tertiary/aromatic N) is 3. The number of hydrogen-bond acceptors (Lipinski definition) is 4. The highest BCUT2D eigenvalue weighted by molar-refractivity contribution is 14.0. The molecule has 0 saturated carbocycles. The van der Waals surface area contributed by atoms with E-state index in [4.69, 9.17) is 9.73 Å². The molecule has 0 aliphatic carbocycles. The van der Waals surface area contributed by atoms with Crippen LogP contribution < -0.4 is 15.4 Å². The Bertz CT molecular complexity index is 651. The number of likely N-dealkylation sites (N-methyl/N-ethyl adjacent to an activating group) is 1. The molecule has 2 N–H and O–H groups in total. The van der Waals surface area contributed by atoms with Crippen LogP contribution in [0, 0.1) is 0 Å². The SMILES string of the molecule is CCNC(=NCCCN1CCCC1C(=O)N(C)C)NCCc1ccc(OC)cc1.I. The predicted molar refractivity (Wildman–Crippen MR) is 134 cm³/mol. The Balaban J connectivity index is 0.00000450. The van der Waals surface area contributed by atoms with Crippen molar-refractivity contribution in [3.05, 3.63) is 29.8 Å². The molecule has 8 heteroatoms. The smallest absolute Gasteiger partial charge is 0.239 e. The van der Waals surface area contributed by atoms with Crippen molar-refractivity contribution in [2.24, 2.45) is 4.99 Å². The summed E-state index contributed by atoms with van der Waals surface area (Å²) < 4.78 is 5.20. The van der Waals surface area contributed by atoms with E-state index in [1.54, 1.807) is 12.0 Å². The molecule has 30 heavy (non-hydrogen) atoms. The van der Waals surface area contributed by atoms with Gasteiger partial charge in [-0.05, 0) is 56.8 Å². The number of carbonyl (C=O) groups is 1. The number of rotatable bonds is 10. The first kappa shape index (κ1) is 26.5. The Labute approximate surface area is 198 Å². The first-order valence-electron chi connectivity index (χ1n) is 10.7. The van der Waals surface area contributed by atoms with Crippen LogP contribution in [0.15, 0.2) is 29.3 Å². The van der Waals surface area contributed by atoms with Gasteiger partial charge >= 0.3 is 0 Å². The van der Waals surface area contributed by atoms with Crippen LogP contribution in [-0.2, 0) is 11.2 Å². The van der Waals surface area contributed by atoms with Gasteiger partial charge in [-0.3, -0.25) is 14.7 Å². The number of methoxy groups -OCH3 is 1. The molecule has 0 aromatic heterocycles. The Morgan fingerprint density at radius 1 is 1.27 bits per heavy atom. The summed E-state index contributed by atoms with van der Waals surface area (Å²) in [6, 6.07) is 8.20. The molecular formula is C22H38IN5O2. The number of carbonyl (C=O) groups excluding carboxylic acids is 1. The number of ether oxygens (including phenoxy) is 1. The van der Waals surface area contributed by atoms with Crippen molar-refractivity contribution in [2.45, 2.75) is 38.6 Å². The molecule has 1 aliphatic rings. The highest BCUT2D eigenvalue weighted by atomic mass is 127. The fourth-order valence-corrected chi connectivity index (χ4v) is 3.60. The average Bonchev–Trinajstić information content (AvgIpc) is 3.19. The molecule has 1 amide bonds. The summed E-state index contributed by atoms with van der Waals surface area (Å²) in [4.78, 5) is 21.0. The number of likely N-dealkylation sites (tertiary alicyclic amines) is 1. The lowest BCUT2D eigenvalue weighted by atomic mass is 10.1. The molecule has 1 fully saturated rings.